The number of anilines is 1. The number of nitrogens with zero attached hydrogens (tertiary/aromatic N) is 2. The molecule has 2 amide bonds. The minimum Gasteiger partial charge on any atom is -0.465 e. The van der Waals surface area contributed by atoms with Gasteiger partial charge in [-0.05, 0) is 23.3 Å². The van der Waals surface area contributed by atoms with E-state index in [9.17, 15) is 14.7 Å². The first kappa shape index (κ1) is 20.0. The molecule has 1 aliphatic heterocycles. The predicted molar refractivity (Wildman–Crippen MR) is 119 cm³/mol. The number of carbonyl (C=O) groups excluding carboxylic acids is 1. The number of hydrogen-bond donors (Lipinski definition) is 1. The van der Waals surface area contributed by atoms with E-state index in [0.29, 0.717) is 0 Å². The predicted octanol–water partition coefficient (Wildman–Crippen LogP) is 5.05. The van der Waals surface area contributed by atoms with Gasteiger partial charge in [-0.15, -0.1) is 11.8 Å². The molecule has 0 aromatic heterocycles. The fourth-order valence-electron chi connectivity index (χ4n) is 3.74. The Bertz CT molecular complexity index is 1040. The number of carboxylic acid groups (broad SMARTS) is 1. The second kappa shape index (κ2) is 8.63. The number of thioether (sulfide) groups is 1. The summed E-state index contributed by atoms with van der Waals surface area (Å²) in [4.78, 5) is 29.8. The maximum Gasteiger partial charge on any atom is 0.408 e. The van der Waals surface area contributed by atoms with Crippen LogP contribution in [0.1, 0.15) is 16.4 Å². The first-order valence-corrected chi connectivity index (χ1v) is 10.6. The van der Waals surface area contributed by atoms with Gasteiger partial charge in [-0.2, -0.15) is 0 Å². The highest BCUT2D eigenvalue weighted by Crippen LogP contribution is 2.46. The lowest BCUT2D eigenvalue weighted by Gasteiger charge is -2.34. The highest BCUT2D eigenvalue weighted by Gasteiger charge is 2.42. The maximum absolute atomic E-state index is 13.6. The van der Waals surface area contributed by atoms with Gasteiger partial charge in [-0.3, -0.25) is 9.69 Å². The molecule has 1 heterocycles. The molecular formula is C24H22N2O3S. The van der Waals surface area contributed by atoms with Gasteiger partial charge in [0.15, 0.2) is 0 Å². The maximum atomic E-state index is 13.6. The number of amides is 2. The zero-order chi connectivity index (χ0) is 21.1. The third kappa shape index (κ3) is 3.91. The number of carbonyl (C=O) groups is 2. The molecule has 0 saturated heterocycles. The van der Waals surface area contributed by atoms with Crippen molar-refractivity contribution in [3.8, 4) is 0 Å². The van der Waals surface area contributed by atoms with E-state index in [1.165, 1.54) is 16.7 Å². The molecule has 0 aliphatic carbocycles. The molecule has 2 atom stereocenters. The van der Waals surface area contributed by atoms with Crippen LogP contribution in [-0.2, 0) is 11.3 Å². The molecule has 0 bridgehead atoms. The molecule has 0 unspecified atom stereocenters. The highest BCUT2D eigenvalue weighted by atomic mass is 32.2. The number of hydrogen-bond acceptors (Lipinski definition) is 3. The van der Waals surface area contributed by atoms with Crippen molar-refractivity contribution >= 4 is 29.4 Å². The summed E-state index contributed by atoms with van der Waals surface area (Å²) in [5, 5.41) is 9.74. The Morgan fingerprint density at radius 2 is 1.57 bits per heavy atom. The summed E-state index contributed by atoms with van der Waals surface area (Å²) in [5.74, 6) is -0.236. The summed E-state index contributed by atoms with van der Waals surface area (Å²) in [7, 11) is 1.71. The van der Waals surface area contributed by atoms with Crippen LogP contribution in [0, 0.1) is 0 Å². The summed E-state index contributed by atoms with van der Waals surface area (Å²) in [6.07, 6.45) is -1.11. The van der Waals surface area contributed by atoms with Crippen LogP contribution >= 0.6 is 11.8 Å². The van der Waals surface area contributed by atoms with E-state index in [4.69, 9.17) is 0 Å². The van der Waals surface area contributed by atoms with Gasteiger partial charge >= 0.3 is 6.09 Å². The Kier molecular flexibility index (Phi) is 5.77. The van der Waals surface area contributed by atoms with Crippen LogP contribution in [0.2, 0.25) is 0 Å². The van der Waals surface area contributed by atoms with Crippen LogP contribution in [0.4, 0.5) is 10.5 Å². The number of fused-ring (bicyclic) bond motifs is 1. The van der Waals surface area contributed by atoms with Gasteiger partial charge in [-0.1, -0.05) is 72.8 Å². The van der Waals surface area contributed by atoms with Gasteiger partial charge in [0.05, 0.1) is 10.9 Å². The second-order valence-corrected chi connectivity index (χ2v) is 8.34. The van der Waals surface area contributed by atoms with E-state index in [1.807, 2.05) is 84.9 Å². The van der Waals surface area contributed by atoms with E-state index in [1.54, 1.807) is 11.9 Å². The first-order valence-electron chi connectivity index (χ1n) is 9.68. The third-order valence-electron chi connectivity index (χ3n) is 5.26. The van der Waals surface area contributed by atoms with Crippen molar-refractivity contribution in [3.05, 3.63) is 96.1 Å². The van der Waals surface area contributed by atoms with Gasteiger partial charge in [-0.25, -0.2) is 4.79 Å². The van der Waals surface area contributed by atoms with E-state index in [0.717, 1.165) is 21.7 Å². The molecule has 3 aromatic rings. The fourth-order valence-corrected chi connectivity index (χ4v) is 5.18. The topological polar surface area (TPSA) is 60.9 Å². The van der Waals surface area contributed by atoms with E-state index in [2.05, 4.69) is 0 Å². The molecule has 0 spiro atoms. The lowest BCUT2D eigenvalue weighted by Crippen LogP contribution is -2.51. The smallest absolute Gasteiger partial charge is 0.408 e. The average Bonchev–Trinajstić information content (AvgIpc) is 2.88. The number of benzene rings is 3. The number of rotatable bonds is 4. The SMILES string of the molecule is CN1C(=O)[C@@H](N(Cc2ccccc2)C(=O)O)[C@H](c2ccccc2)Sc2ccccc21. The summed E-state index contributed by atoms with van der Waals surface area (Å²) >= 11 is 1.54. The minimum atomic E-state index is -1.11. The molecule has 3 aromatic carbocycles. The Morgan fingerprint density at radius 3 is 2.23 bits per heavy atom. The Labute approximate surface area is 179 Å². The van der Waals surface area contributed by atoms with Crippen LogP contribution in [0.25, 0.3) is 0 Å². The van der Waals surface area contributed by atoms with Gasteiger partial charge in [0.2, 0.25) is 0 Å². The van der Waals surface area contributed by atoms with Crippen molar-refractivity contribution in [2.75, 3.05) is 11.9 Å². The monoisotopic (exact) mass is 418 g/mol. The van der Waals surface area contributed by atoms with E-state index in [-0.39, 0.29) is 17.7 Å². The van der Waals surface area contributed by atoms with Crippen molar-refractivity contribution in [2.45, 2.75) is 22.7 Å². The first-order chi connectivity index (χ1) is 14.6. The normalized spacial score (nSPS) is 18.4. The Morgan fingerprint density at radius 1 is 0.967 bits per heavy atom. The van der Waals surface area contributed by atoms with Gasteiger partial charge in [0.25, 0.3) is 5.91 Å². The standard InChI is InChI=1S/C24H22N2O3S/c1-25-19-14-8-9-15-20(19)30-22(18-12-6-3-7-13-18)21(23(25)27)26(24(28)29)16-17-10-4-2-5-11-17/h2-15,21-22H,16H2,1H3,(H,28,29)/t21-,22-/m0/s1. The van der Waals surface area contributed by atoms with Crippen LogP contribution in [0.5, 0.6) is 0 Å². The van der Waals surface area contributed by atoms with Crippen LogP contribution in [0.15, 0.2) is 89.8 Å². The lowest BCUT2D eigenvalue weighted by molar-refractivity contribution is -0.123. The molecule has 0 saturated carbocycles. The number of likely N-dealkylation sites (N-methyl/N-ethyl adjacent to an activating group) is 1. The average molecular weight is 419 g/mol. The molecule has 6 heteroatoms. The Hall–Kier alpha value is -3.25. The third-order valence-corrected chi connectivity index (χ3v) is 6.64. The van der Waals surface area contributed by atoms with Crippen LogP contribution in [0.3, 0.4) is 0 Å². The summed E-state index contributed by atoms with van der Waals surface area (Å²) in [6, 6.07) is 25.9. The molecule has 30 heavy (non-hydrogen) atoms. The summed E-state index contributed by atoms with van der Waals surface area (Å²) in [6.45, 7) is 0.140. The molecule has 152 valence electrons. The van der Waals surface area contributed by atoms with Crippen molar-refractivity contribution in [1.82, 2.24) is 4.90 Å². The van der Waals surface area contributed by atoms with Crippen molar-refractivity contribution in [2.24, 2.45) is 0 Å². The quantitative estimate of drug-likeness (QED) is 0.644. The van der Waals surface area contributed by atoms with Crippen molar-refractivity contribution in [1.29, 1.82) is 0 Å². The molecule has 0 fully saturated rings. The number of para-hydroxylation sites is 1. The lowest BCUT2D eigenvalue weighted by atomic mass is 10.0. The summed E-state index contributed by atoms with van der Waals surface area (Å²) in [5.41, 5.74) is 2.56. The zero-order valence-corrected chi connectivity index (χ0v) is 17.3. The molecule has 1 N–H and O–H groups in total. The van der Waals surface area contributed by atoms with Crippen molar-refractivity contribution < 1.29 is 14.7 Å². The zero-order valence-electron chi connectivity index (χ0n) is 16.5. The van der Waals surface area contributed by atoms with Crippen molar-refractivity contribution in [3.63, 3.8) is 0 Å². The van der Waals surface area contributed by atoms with Crippen LogP contribution in [-0.4, -0.2) is 35.1 Å². The molecule has 4 rings (SSSR count). The molecule has 5 nitrogen and oxygen atoms in total. The van der Waals surface area contributed by atoms with E-state index >= 15 is 0 Å². The molecular weight excluding hydrogens is 396 g/mol. The van der Waals surface area contributed by atoms with Gasteiger partial charge in [0, 0.05) is 18.5 Å². The largest absolute Gasteiger partial charge is 0.465 e. The Balaban J connectivity index is 1.82. The van der Waals surface area contributed by atoms with E-state index < -0.39 is 12.1 Å². The van der Waals surface area contributed by atoms with Crippen LogP contribution < -0.4 is 4.90 Å². The molecule has 0 radical (unpaired) electrons. The highest BCUT2D eigenvalue weighted by molar-refractivity contribution is 7.99. The second-order valence-electron chi connectivity index (χ2n) is 7.16. The van der Waals surface area contributed by atoms with Gasteiger partial charge < -0.3 is 10.0 Å². The summed E-state index contributed by atoms with van der Waals surface area (Å²) < 4.78 is 0. The fraction of sp³-hybridized carbons (Fsp3) is 0.167. The minimum absolute atomic E-state index is 0.140. The molecule has 1 aliphatic rings. The van der Waals surface area contributed by atoms with Gasteiger partial charge in [0.1, 0.15) is 6.04 Å².